The quantitative estimate of drug-likeness (QED) is 0.574. The zero-order valence-electron chi connectivity index (χ0n) is 18.3. The molecule has 1 aliphatic carbocycles. The lowest BCUT2D eigenvalue weighted by molar-refractivity contribution is -0.0660. The van der Waals surface area contributed by atoms with Crippen LogP contribution in [-0.2, 0) is 4.74 Å². The normalized spacial score (nSPS) is 19.5. The average molecular weight is 471 g/mol. The molecule has 0 bridgehead atoms. The molecule has 1 aromatic heterocycles. The number of hydrogen-bond donors (Lipinski definition) is 1. The third kappa shape index (κ3) is 4.55. The third-order valence-electron chi connectivity index (χ3n) is 6.66. The Kier molecular flexibility index (Phi) is 5.44. The van der Waals surface area contributed by atoms with Gasteiger partial charge < -0.3 is 15.0 Å². The fourth-order valence-corrected chi connectivity index (χ4v) is 4.78. The first kappa shape index (κ1) is 20.9. The molecule has 33 heavy (non-hydrogen) atoms. The van der Waals surface area contributed by atoms with Crippen molar-refractivity contribution in [3.8, 4) is 5.69 Å². The van der Waals surface area contributed by atoms with Gasteiger partial charge in [0, 0.05) is 44.0 Å². The van der Waals surface area contributed by atoms with E-state index in [0.717, 1.165) is 45.1 Å². The van der Waals surface area contributed by atoms with Crippen LogP contribution in [0.1, 0.15) is 25.7 Å². The maximum atomic E-state index is 13.7. The Morgan fingerprint density at radius 1 is 1.00 bits per heavy atom. The molecule has 0 unspecified atom stereocenters. The number of aromatic nitrogens is 3. The highest BCUT2D eigenvalue weighted by molar-refractivity contribution is 6.30. The van der Waals surface area contributed by atoms with Gasteiger partial charge in [0.2, 0.25) is 5.95 Å². The number of halogens is 2. The summed E-state index contributed by atoms with van der Waals surface area (Å²) in [5.41, 5.74) is 4.10. The van der Waals surface area contributed by atoms with Crippen molar-refractivity contribution >= 4 is 28.9 Å². The standard InChI is InChI=1S/C24H26ClFN6O.H2/c25-18-9-19(26)11-22(10-18)32-15-27-24(29-32)28-20-7-17(16-1-2-16)8-21(12-20)30-3-5-31(6-4-30)23-13-33-14-23;/h7-12,15-16,23H,1-6,13-14H2,(H,28,29);1H. The van der Waals surface area contributed by atoms with Crippen LogP contribution in [0, 0.1) is 5.82 Å². The van der Waals surface area contributed by atoms with E-state index < -0.39 is 5.82 Å². The number of piperazine rings is 1. The van der Waals surface area contributed by atoms with Gasteiger partial charge in [-0.3, -0.25) is 4.90 Å². The van der Waals surface area contributed by atoms with Crippen molar-refractivity contribution < 1.29 is 10.6 Å². The predicted molar refractivity (Wildman–Crippen MR) is 129 cm³/mol. The van der Waals surface area contributed by atoms with Crippen LogP contribution in [-0.4, -0.2) is 65.1 Å². The topological polar surface area (TPSA) is 58.5 Å². The van der Waals surface area contributed by atoms with Gasteiger partial charge >= 0.3 is 0 Å². The van der Waals surface area contributed by atoms with Crippen LogP contribution in [0.25, 0.3) is 5.69 Å². The van der Waals surface area contributed by atoms with Gasteiger partial charge in [0.15, 0.2) is 0 Å². The minimum absolute atomic E-state index is 0. The molecule has 7 nitrogen and oxygen atoms in total. The van der Waals surface area contributed by atoms with E-state index in [9.17, 15) is 4.39 Å². The van der Waals surface area contributed by atoms with Crippen LogP contribution in [0.4, 0.5) is 21.7 Å². The number of ether oxygens (including phenoxy) is 1. The van der Waals surface area contributed by atoms with Crippen LogP contribution < -0.4 is 10.2 Å². The van der Waals surface area contributed by atoms with Crippen molar-refractivity contribution in [1.29, 1.82) is 0 Å². The first-order valence-corrected chi connectivity index (χ1v) is 11.9. The molecule has 2 saturated heterocycles. The van der Waals surface area contributed by atoms with E-state index in [1.807, 2.05) is 0 Å². The molecule has 0 amide bonds. The van der Waals surface area contributed by atoms with E-state index in [0.29, 0.717) is 28.6 Å². The van der Waals surface area contributed by atoms with Crippen molar-refractivity contribution in [2.75, 3.05) is 49.6 Å². The molecule has 3 fully saturated rings. The van der Waals surface area contributed by atoms with Crippen LogP contribution in [0.5, 0.6) is 0 Å². The zero-order chi connectivity index (χ0) is 22.4. The molecule has 174 valence electrons. The largest absolute Gasteiger partial charge is 0.378 e. The van der Waals surface area contributed by atoms with Crippen molar-refractivity contribution in [2.24, 2.45) is 0 Å². The molecule has 1 N–H and O–H groups in total. The minimum atomic E-state index is -0.408. The number of hydrogen-bond acceptors (Lipinski definition) is 6. The summed E-state index contributed by atoms with van der Waals surface area (Å²) in [6.07, 6.45) is 4.04. The van der Waals surface area contributed by atoms with Gasteiger partial charge in [-0.25, -0.2) is 9.07 Å². The molecular weight excluding hydrogens is 443 g/mol. The Labute approximate surface area is 198 Å². The number of nitrogens with zero attached hydrogens (tertiary/aromatic N) is 5. The van der Waals surface area contributed by atoms with Crippen LogP contribution in [0.15, 0.2) is 42.7 Å². The van der Waals surface area contributed by atoms with Gasteiger partial charge in [-0.2, -0.15) is 4.98 Å². The number of anilines is 3. The third-order valence-corrected chi connectivity index (χ3v) is 6.88. The summed E-state index contributed by atoms with van der Waals surface area (Å²) >= 11 is 5.99. The Hall–Kier alpha value is -2.68. The average Bonchev–Trinajstić information content (AvgIpc) is 3.51. The fraction of sp³-hybridized carbons (Fsp3) is 0.417. The van der Waals surface area contributed by atoms with E-state index >= 15 is 0 Å². The van der Waals surface area contributed by atoms with Crippen molar-refractivity contribution in [3.63, 3.8) is 0 Å². The van der Waals surface area contributed by atoms with Gasteiger partial charge in [0.05, 0.1) is 24.9 Å². The SMILES string of the molecule is Fc1cc(Cl)cc(-n2cnc(Nc3cc(C4CC4)cc(N4CCN(C5COC5)CC4)c3)n2)c1.[HH]. The predicted octanol–water partition coefficient (Wildman–Crippen LogP) is 4.45. The van der Waals surface area contributed by atoms with Crippen LogP contribution in [0.2, 0.25) is 5.02 Å². The van der Waals surface area contributed by atoms with Crippen LogP contribution >= 0.6 is 11.6 Å². The molecule has 3 aliphatic rings. The smallest absolute Gasteiger partial charge is 0.246 e. The van der Waals surface area contributed by atoms with E-state index in [-0.39, 0.29) is 1.43 Å². The van der Waals surface area contributed by atoms with Crippen molar-refractivity contribution in [3.05, 3.63) is 59.1 Å². The Morgan fingerprint density at radius 3 is 2.52 bits per heavy atom. The Balaban J connectivity index is 0.00000241. The van der Waals surface area contributed by atoms with E-state index in [4.69, 9.17) is 16.3 Å². The number of nitrogens with one attached hydrogen (secondary N) is 1. The maximum Gasteiger partial charge on any atom is 0.246 e. The zero-order valence-corrected chi connectivity index (χ0v) is 19.0. The lowest BCUT2D eigenvalue weighted by Crippen LogP contribution is -2.56. The van der Waals surface area contributed by atoms with E-state index in [1.54, 1.807) is 12.4 Å². The fourth-order valence-electron chi connectivity index (χ4n) is 4.57. The second-order valence-corrected chi connectivity index (χ2v) is 9.50. The van der Waals surface area contributed by atoms with E-state index in [1.165, 1.54) is 40.9 Å². The molecule has 3 heterocycles. The molecule has 0 spiro atoms. The molecule has 9 heteroatoms. The molecule has 1 saturated carbocycles. The highest BCUT2D eigenvalue weighted by Crippen LogP contribution is 2.42. The second kappa shape index (κ2) is 8.59. The Morgan fingerprint density at radius 2 is 1.82 bits per heavy atom. The summed E-state index contributed by atoms with van der Waals surface area (Å²) in [5.74, 6) is 0.692. The molecule has 2 aromatic carbocycles. The van der Waals surface area contributed by atoms with Gasteiger partial charge in [0.1, 0.15) is 12.1 Å². The highest BCUT2D eigenvalue weighted by Gasteiger charge is 2.30. The molecule has 3 aromatic rings. The lowest BCUT2D eigenvalue weighted by Gasteiger charge is -2.43. The molecular formula is C24H28ClFN6O. The summed E-state index contributed by atoms with van der Waals surface area (Å²) < 4.78 is 20.6. The van der Waals surface area contributed by atoms with Crippen LogP contribution in [0.3, 0.4) is 0 Å². The summed E-state index contributed by atoms with van der Waals surface area (Å²) in [7, 11) is 0. The summed E-state index contributed by atoms with van der Waals surface area (Å²) in [6, 6.07) is 11.6. The lowest BCUT2D eigenvalue weighted by atomic mass is 10.1. The molecule has 6 rings (SSSR count). The monoisotopic (exact) mass is 470 g/mol. The summed E-state index contributed by atoms with van der Waals surface area (Å²) in [6.45, 7) is 5.88. The highest BCUT2D eigenvalue weighted by atomic mass is 35.5. The Bertz CT molecular complexity index is 1140. The van der Waals surface area contributed by atoms with Gasteiger partial charge in [-0.1, -0.05) is 11.6 Å². The van der Waals surface area contributed by atoms with Crippen molar-refractivity contribution in [1.82, 2.24) is 19.7 Å². The second-order valence-electron chi connectivity index (χ2n) is 9.07. The number of rotatable bonds is 6. The summed E-state index contributed by atoms with van der Waals surface area (Å²) in [4.78, 5) is 9.37. The molecule has 0 atom stereocenters. The first-order valence-electron chi connectivity index (χ1n) is 11.5. The summed E-state index contributed by atoms with van der Waals surface area (Å²) in [5, 5.41) is 8.14. The van der Waals surface area contributed by atoms with Crippen molar-refractivity contribution in [2.45, 2.75) is 24.8 Å². The van der Waals surface area contributed by atoms with E-state index in [2.05, 4.69) is 43.4 Å². The minimum Gasteiger partial charge on any atom is -0.378 e. The number of benzene rings is 2. The first-order chi connectivity index (χ1) is 16.1. The van der Waals surface area contributed by atoms with Gasteiger partial charge in [0.25, 0.3) is 0 Å². The maximum absolute atomic E-state index is 13.7. The van der Waals surface area contributed by atoms with Gasteiger partial charge in [-0.05, 0) is 60.7 Å². The molecule has 2 aliphatic heterocycles. The molecule has 0 radical (unpaired) electrons. The van der Waals surface area contributed by atoms with Gasteiger partial charge in [-0.15, -0.1) is 5.10 Å².